The van der Waals surface area contributed by atoms with Crippen LogP contribution in [0.15, 0.2) is 48.0 Å². The van der Waals surface area contributed by atoms with Crippen LogP contribution >= 0.6 is 0 Å². The minimum Gasteiger partial charge on any atom is -0.493 e. The van der Waals surface area contributed by atoms with Crippen molar-refractivity contribution in [3.63, 3.8) is 0 Å². The second-order valence-electron chi connectivity index (χ2n) is 7.16. The summed E-state index contributed by atoms with van der Waals surface area (Å²) in [5.41, 5.74) is 6.17. The maximum Gasteiger partial charge on any atom is 0.336 e. The van der Waals surface area contributed by atoms with Gasteiger partial charge in [-0.25, -0.2) is 4.79 Å². The highest BCUT2D eigenvalue weighted by atomic mass is 16.6. The van der Waals surface area contributed by atoms with Crippen LogP contribution in [0.2, 0.25) is 0 Å². The number of hydrogen-bond acceptors (Lipinski definition) is 7. The molecule has 0 spiro atoms. The van der Waals surface area contributed by atoms with Crippen molar-refractivity contribution in [2.75, 3.05) is 20.8 Å². The molecule has 2 rings (SSSR count). The van der Waals surface area contributed by atoms with Crippen LogP contribution in [0, 0.1) is 11.3 Å². The van der Waals surface area contributed by atoms with E-state index in [9.17, 15) is 9.59 Å². The normalized spacial score (nSPS) is 11.1. The monoisotopic (exact) mass is 464 g/mol. The van der Waals surface area contributed by atoms with Crippen LogP contribution in [0.3, 0.4) is 0 Å². The van der Waals surface area contributed by atoms with E-state index in [1.165, 1.54) is 31.4 Å². The second-order valence-corrected chi connectivity index (χ2v) is 7.16. The molecular formula is C26H28N2O6. The van der Waals surface area contributed by atoms with E-state index in [1.54, 1.807) is 37.5 Å². The number of unbranched alkanes of at least 4 members (excludes halogenated alkanes) is 2. The van der Waals surface area contributed by atoms with Gasteiger partial charge in [0.15, 0.2) is 23.0 Å². The molecule has 0 heterocycles. The van der Waals surface area contributed by atoms with Gasteiger partial charge in [0.25, 0.3) is 5.91 Å². The lowest BCUT2D eigenvalue weighted by atomic mass is 10.1. The number of carbonyl (C=O) groups excluding carboxylic acids is 2. The van der Waals surface area contributed by atoms with Gasteiger partial charge in [-0.2, -0.15) is 5.26 Å². The SMILES string of the molecule is CCCCCOc1ccc(/C=C/C(=O)Oc2ccc(/C=C(\C#N)C(N)=O)cc2OC)cc1OC. The number of hydrogen-bond donors (Lipinski definition) is 1. The smallest absolute Gasteiger partial charge is 0.336 e. The number of benzene rings is 2. The fourth-order valence-corrected chi connectivity index (χ4v) is 2.93. The van der Waals surface area contributed by atoms with E-state index in [0.29, 0.717) is 23.7 Å². The molecule has 0 fully saturated rings. The van der Waals surface area contributed by atoms with Crippen LogP contribution in [0.5, 0.6) is 23.0 Å². The largest absolute Gasteiger partial charge is 0.493 e. The number of nitrogens with two attached hydrogens (primary N) is 1. The summed E-state index contributed by atoms with van der Waals surface area (Å²) in [5.74, 6) is 0.201. The molecule has 0 bridgehead atoms. The number of methoxy groups -OCH3 is 2. The molecule has 0 saturated heterocycles. The van der Waals surface area contributed by atoms with Crippen LogP contribution in [0.4, 0.5) is 0 Å². The fraction of sp³-hybridized carbons (Fsp3) is 0.269. The molecule has 8 heteroatoms. The Morgan fingerprint density at radius 1 is 0.971 bits per heavy atom. The Morgan fingerprint density at radius 2 is 1.62 bits per heavy atom. The molecule has 0 aliphatic rings. The predicted octanol–water partition coefficient (Wildman–Crippen LogP) is 4.28. The topological polar surface area (TPSA) is 121 Å². The minimum atomic E-state index is -0.838. The minimum absolute atomic E-state index is 0.181. The van der Waals surface area contributed by atoms with Gasteiger partial charge >= 0.3 is 5.97 Å². The molecule has 0 radical (unpaired) electrons. The lowest BCUT2D eigenvalue weighted by Gasteiger charge is -2.11. The van der Waals surface area contributed by atoms with Gasteiger partial charge in [0.1, 0.15) is 11.6 Å². The summed E-state index contributed by atoms with van der Waals surface area (Å²) in [6.07, 6.45) is 7.39. The molecule has 0 atom stereocenters. The first kappa shape index (κ1) is 26.0. The van der Waals surface area contributed by atoms with Gasteiger partial charge in [-0.3, -0.25) is 4.79 Å². The summed E-state index contributed by atoms with van der Waals surface area (Å²) in [4.78, 5) is 23.6. The van der Waals surface area contributed by atoms with Gasteiger partial charge < -0.3 is 24.7 Å². The Morgan fingerprint density at radius 3 is 2.26 bits per heavy atom. The van der Waals surface area contributed by atoms with E-state index < -0.39 is 11.9 Å². The molecule has 2 N–H and O–H groups in total. The summed E-state index contributed by atoms with van der Waals surface area (Å²) in [5, 5.41) is 8.97. The van der Waals surface area contributed by atoms with Crippen LogP contribution in [0.25, 0.3) is 12.2 Å². The average Bonchev–Trinajstić information content (AvgIpc) is 2.84. The van der Waals surface area contributed by atoms with Gasteiger partial charge in [-0.05, 0) is 54.0 Å². The van der Waals surface area contributed by atoms with Crippen molar-refractivity contribution in [1.82, 2.24) is 0 Å². The first-order valence-electron chi connectivity index (χ1n) is 10.7. The predicted molar refractivity (Wildman–Crippen MR) is 128 cm³/mol. The van der Waals surface area contributed by atoms with Crippen molar-refractivity contribution in [2.45, 2.75) is 26.2 Å². The molecule has 8 nitrogen and oxygen atoms in total. The molecule has 0 saturated carbocycles. The highest BCUT2D eigenvalue weighted by molar-refractivity contribution is 6.00. The average molecular weight is 465 g/mol. The van der Waals surface area contributed by atoms with Gasteiger partial charge in [0, 0.05) is 6.08 Å². The number of nitrogens with zero attached hydrogens (tertiary/aromatic N) is 1. The van der Waals surface area contributed by atoms with Gasteiger partial charge in [-0.15, -0.1) is 0 Å². The maximum atomic E-state index is 12.3. The van der Waals surface area contributed by atoms with Crippen molar-refractivity contribution in [3.8, 4) is 29.1 Å². The highest BCUT2D eigenvalue weighted by Gasteiger charge is 2.11. The second kappa shape index (κ2) is 13.3. The van der Waals surface area contributed by atoms with E-state index in [2.05, 4.69) is 6.92 Å². The molecule has 34 heavy (non-hydrogen) atoms. The van der Waals surface area contributed by atoms with Gasteiger partial charge in [-0.1, -0.05) is 31.9 Å². The zero-order chi connectivity index (χ0) is 24.9. The Labute approximate surface area is 199 Å². The molecule has 178 valence electrons. The standard InChI is InChI=1S/C26H28N2O6/c1-4-5-6-13-33-21-10-7-18(15-23(21)31-2)9-12-25(29)34-22-11-8-19(16-24(22)32-3)14-20(17-27)26(28)30/h7-12,14-16H,4-6,13H2,1-3H3,(H2,28,30)/b12-9+,20-14+. The zero-order valence-electron chi connectivity index (χ0n) is 19.5. The van der Waals surface area contributed by atoms with Crippen molar-refractivity contribution in [3.05, 3.63) is 59.2 Å². The summed E-state index contributed by atoms with van der Waals surface area (Å²) in [6, 6.07) is 11.7. The molecule has 0 unspecified atom stereocenters. The van der Waals surface area contributed by atoms with Crippen LogP contribution in [-0.2, 0) is 9.59 Å². The van der Waals surface area contributed by atoms with Crippen LogP contribution in [-0.4, -0.2) is 32.7 Å². The van der Waals surface area contributed by atoms with Gasteiger partial charge in [0.05, 0.1) is 20.8 Å². The Kier molecular flexibility index (Phi) is 10.2. The van der Waals surface area contributed by atoms with Crippen LogP contribution < -0.4 is 24.7 Å². The van der Waals surface area contributed by atoms with Gasteiger partial charge in [0.2, 0.25) is 0 Å². The number of primary amides is 1. The zero-order valence-corrected chi connectivity index (χ0v) is 19.5. The molecule has 2 aromatic rings. The Hall–Kier alpha value is -4.25. The molecular weight excluding hydrogens is 436 g/mol. The number of esters is 1. The number of amides is 1. The molecule has 0 aliphatic carbocycles. The van der Waals surface area contributed by atoms with E-state index in [-0.39, 0.29) is 17.1 Å². The summed E-state index contributed by atoms with van der Waals surface area (Å²) >= 11 is 0. The molecule has 2 aromatic carbocycles. The fourth-order valence-electron chi connectivity index (χ4n) is 2.93. The van der Waals surface area contributed by atoms with E-state index in [4.69, 9.17) is 29.9 Å². The van der Waals surface area contributed by atoms with Crippen molar-refractivity contribution >= 4 is 24.0 Å². The summed E-state index contributed by atoms with van der Waals surface area (Å²) < 4.78 is 21.8. The summed E-state index contributed by atoms with van der Waals surface area (Å²) in [7, 11) is 2.97. The molecule has 1 amide bonds. The molecule has 0 aliphatic heterocycles. The number of rotatable bonds is 12. The lowest BCUT2D eigenvalue weighted by molar-refractivity contribution is -0.129. The maximum absolute atomic E-state index is 12.3. The van der Waals surface area contributed by atoms with E-state index in [0.717, 1.165) is 24.8 Å². The van der Waals surface area contributed by atoms with E-state index >= 15 is 0 Å². The number of ether oxygens (including phenoxy) is 4. The number of carbonyl (C=O) groups is 2. The lowest BCUT2D eigenvalue weighted by Crippen LogP contribution is -2.12. The quantitative estimate of drug-likeness (QED) is 0.164. The van der Waals surface area contributed by atoms with Crippen molar-refractivity contribution < 1.29 is 28.5 Å². The summed E-state index contributed by atoms with van der Waals surface area (Å²) in [6.45, 7) is 2.75. The van der Waals surface area contributed by atoms with Crippen LogP contribution in [0.1, 0.15) is 37.3 Å². The Bertz CT molecular complexity index is 1110. The van der Waals surface area contributed by atoms with Crippen molar-refractivity contribution in [1.29, 1.82) is 5.26 Å². The first-order chi connectivity index (χ1) is 16.4. The third kappa shape index (κ3) is 7.71. The first-order valence-corrected chi connectivity index (χ1v) is 10.7. The highest BCUT2D eigenvalue weighted by Crippen LogP contribution is 2.30. The van der Waals surface area contributed by atoms with Crippen molar-refractivity contribution in [2.24, 2.45) is 5.73 Å². The Balaban J connectivity index is 2.09. The third-order valence-electron chi connectivity index (χ3n) is 4.70. The van der Waals surface area contributed by atoms with E-state index in [1.807, 2.05) is 6.07 Å². The number of nitriles is 1. The molecule has 0 aromatic heterocycles. The third-order valence-corrected chi connectivity index (χ3v) is 4.70.